The third-order valence-electron chi connectivity index (χ3n) is 2.18. The smallest absolute Gasteiger partial charge is 0.287 e. The number of nitrogens with two attached hydrogens (primary N) is 1. The van der Waals surface area contributed by atoms with E-state index < -0.39 is 12.0 Å². The Bertz CT molecular complexity index is 333. The van der Waals surface area contributed by atoms with E-state index in [1.54, 1.807) is 0 Å². The molecule has 1 unspecified atom stereocenters. The predicted molar refractivity (Wildman–Crippen MR) is 59.7 cm³/mol. The lowest BCUT2D eigenvalue weighted by molar-refractivity contribution is -0.0256. The maximum Gasteiger partial charge on any atom is 0.287 e. The molecular formula is C12H17F2NO. The van der Waals surface area contributed by atoms with Crippen LogP contribution in [0.3, 0.4) is 0 Å². The largest absolute Gasteiger partial charge is 0.491 e. The van der Waals surface area contributed by atoms with Gasteiger partial charge in [-0.25, -0.2) is 0 Å². The van der Waals surface area contributed by atoms with Gasteiger partial charge in [-0.05, 0) is 45.0 Å². The minimum atomic E-state index is -3.00. The molecule has 0 spiro atoms. The molecule has 1 rings (SSSR count). The molecule has 0 bridgehead atoms. The number of benzene rings is 1. The van der Waals surface area contributed by atoms with Gasteiger partial charge in [0.15, 0.2) is 0 Å². The quantitative estimate of drug-likeness (QED) is 0.861. The molecule has 1 aromatic carbocycles. The molecule has 0 heterocycles. The average Bonchev–Trinajstić information content (AvgIpc) is 2.17. The van der Waals surface area contributed by atoms with Gasteiger partial charge in [0.05, 0.1) is 12.1 Å². The van der Waals surface area contributed by atoms with E-state index in [1.807, 2.05) is 13.8 Å². The molecule has 16 heavy (non-hydrogen) atoms. The van der Waals surface area contributed by atoms with Crippen LogP contribution in [0.1, 0.15) is 26.3 Å². The van der Waals surface area contributed by atoms with Crippen LogP contribution >= 0.6 is 0 Å². The molecule has 0 saturated carbocycles. The van der Waals surface area contributed by atoms with Crippen LogP contribution < -0.4 is 10.5 Å². The molecule has 0 aliphatic rings. The van der Waals surface area contributed by atoms with Crippen molar-refractivity contribution in [3.05, 3.63) is 29.8 Å². The first-order chi connectivity index (χ1) is 7.34. The number of hydrogen-bond acceptors (Lipinski definition) is 2. The van der Waals surface area contributed by atoms with E-state index in [9.17, 15) is 8.78 Å². The molecular weight excluding hydrogens is 212 g/mol. The summed E-state index contributed by atoms with van der Waals surface area (Å²) < 4.78 is 32.4. The number of alkyl halides is 2. The molecule has 0 aliphatic heterocycles. The van der Waals surface area contributed by atoms with Crippen LogP contribution in [0, 0.1) is 0 Å². The van der Waals surface area contributed by atoms with Crippen LogP contribution in [-0.2, 0) is 5.92 Å². The molecule has 2 N–H and O–H groups in total. The summed E-state index contributed by atoms with van der Waals surface area (Å²) >= 11 is 0. The minimum absolute atomic E-state index is 0.0276. The maximum absolute atomic E-state index is 13.5. The van der Waals surface area contributed by atoms with Crippen molar-refractivity contribution in [1.29, 1.82) is 0 Å². The van der Waals surface area contributed by atoms with Crippen molar-refractivity contribution in [2.45, 2.75) is 38.8 Å². The number of halogens is 2. The Morgan fingerprint density at radius 2 is 1.62 bits per heavy atom. The Morgan fingerprint density at radius 3 is 2.00 bits per heavy atom. The molecule has 0 fully saturated rings. The zero-order valence-corrected chi connectivity index (χ0v) is 9.71. The van der Waals surface area contributed by atoms with Crippen LogP contribution in [0.5, 0.6) is 5.75 Å². The molecule has 0 amide bonds. The van der Waals surface area contributed by atoms with Crippen molar-refractivity contribution < 1.29 is 13.5 Å². The Hall–Kier alpha value is -1.16. The lowest BCUT2D eigenvalue weighted by atomic mass is 10.0. The Kier molecular flexibility index (Phi) is 3.86. The first-order valence-corrected chi connectivity index (χ1v) is 5.24. The van der Waals surface area contributed by atoms with Gasteiger partial charge >= 0.3 is 0 Å². The van der Waals surface area contributed by atoms with Crippen molar-refractivity contribution in [3.8, 4) is 5.75 Å². The van der Waals surface area contributed by atoms with Gasteiger partial charge in [0.25, 0.3) is 5.92 Å². The molecule has 0 radical (unpaired) electrons. The summed E-state index contributed by atoms with van der Waals surface area (Å²) in [6.07, 6.45) is 0.0276. The van der Waals surface area contributed by atoms with Crippen molar-refractivity contribution in [3.63, 3.8) is 0 Å². The van der Waals surface area contributed by atoms with E-state index in [-0.39, 0.29) is 11.7 Å². The molecule has 1 atom stereocenters. The normalized spacial score (nSPS) is 13.9. The highest BCUT2D eigenvalue weighted by atomic mass is 19.3. The van der Waals surface area contributed by atoms with E-state index in [4.69, 9.17) is 10.5 Å². The fourth-order valence-electron chi connectivity index (χ4n) is 1.29. The van der Waals surface area contributed by atoms with Crippen molar-refractivity contribution in [1.82, 2.24) is 0 Å². The fraction of sp³-hybridized carbons (Fsp3) is 0.500. The summed E-state index contributed by atoms with van der Waals surface area (Å²) in [5.74, 6) is -2.42. The molecule has 0 saturated heterocycles. The van der Waals surface area contributed by atoms with Crippen LogP contribution in [-0.4, -0.2) is 12.1 Å². The van der Waals surface area contributed by atoms with Crippen molar-refractivity contribution in [2.24, 2.45) is 5.73 Å². The molecule has 0 aliphatic carbocycles. The van der Waals surface area contributed by atoms with Crippen molar-refractivity contribution >= 4 is 0 Å². The summed E-state index contributed by atoms with van der Waals surface area (Å²) in [7, 11) is 0. The first kappa shape index (κ1) is 12.9. The molecule has 90 valence electrons. The van der Waals surface area contributed by atoms with E-state index in [2.05, 4.69) is 0 Å². The zero-order valence-electron chi connectivity index (χ0n) is 9.71. The van der Waals surface area contributed by atoms with Gasteiger partial charge < -0.3 is 10.5 Å². The fourth-order valence-corrected chi connectivity index (χ4v) is 1.29. The average molecular weight is 229 g/mol. The summed E-state index contributed by atoms with van der Waals surface area (Å²) in [6, 6.07) is 4.56. The monoisotopic (exact) mass is 229 g/mol. The van der Waals surface area contributed by atoms with Crippen LogP contribution in [0.15, 0.2) is 24.3 Å². The Morgan fingerprint density at radius 1 is 1.12 bits per heavy atom. The third kappa shape index (κ3) is 2.92. The van der Waals surface area contributed by atoms with Gasteiger partial charge in [-0.3, -0.25) is 0 Å². The lowest BCUT2D eigenvalue weighted by Gasteiger charge is -2.21. The summed E-state index contributed by atoms with van der Waals surface area (Å²) in [5.41, 5.74) is 5.16. The second-order valence-electron chi connectivity index (χ2n) is 4.10. The van der Waals surface area contributed by atoms with Gasteiger partial charge in [0.1, 0.15) is 5.75 Å². The zero-order chi connectivity index (χ0) is 12.3. The van der Waals surface area contributed by atoms with Crippen LogP contribution in [0.2, 0.25) is 0 Å². The number of ether oxygens (including phenoxy) is 1. The summed E-state index contributed by atoms with van der Waals surface area (Å²) in [4.78, 5) is 0. The second kappa shape index (κ2) is 4.78. The standard InChI is InChI=1S/C12H17F2NO/c1-8(2)16-11-6-4-10(5-7-11)12(13,14)9(3)15/h4-9H,15H2,1-3H3. The topological polar surface area (TPSA) is 35.2 Å². The summed E-state index contributed by atoms with van der Waals surface area (Å²) in [5, 5.41) is 0. The Labute approximate surface area is 94.4 Å². The highest BCUT2D eigenvalue weighted by Crippen LogP contribution is 2.31. The van der Waals surface area contributed by atoms with E-state index in [0.717, 1.165) is 0 Å². The SMILES string of the molecule is CC(C)Oc1ccc(C(F)(F)C(C)N)cc1. The number of rotatable bonds is 4. The van der Waals surface area contributed by atoms with Gasteiger partial charge in [0, 0.05) is 5.56 Å². The molecule has 2 nitrogen and oxygen atoms in total. The van der Waals surface area contributed by atoms with Crippen LogP contribution in [0.25, 0.3) is 0 Å². The highest BCUT2D eigenvalue weighted by Gasteiger charge is 2.35. The highest BCUT2D eigenvalue weighted by molar-refractivity contribution is 5.30. The van der Waals surface area contributed by atoms with Gasteiger partial charge in [0.2, 0.25) is 0 Å². The summed E-state index contributed by atoms with van der Waals surface area (Å²) in [6.45, 7) is 5.05. The van der Waals surface area contributed by atoms with Gasteiger partial charge in [-0.15, -0.1) is 0 Å². The van der Waals surface area contributed by atoms with E-state index in [1.165, 1.54) is 31.2 Å². The minimum Gasteiger partial charge on any atom is -0.491 e. The molecule has 4 heteroatoms. The van der Waals surface area contributed by atoms with Gasteiger partial charge in [-0.2, -0.15) is 8.78 Å². The third-order valence-corrected chi connectivity index (χ3v) is 2.18. The predicted octanol–water partition coefficient (Wildman–Crippen LogP) is 2.91. The Balaban J connectivity index is 2.86. The van der Waals surface area contributed by atoms with Crippen LogP contribution in [0.4, 0.5) is 8.78 Å². The number of hydrogen-bond donors (Lipinski definition) is 1. The maximum atomic E-state index is 13.5. The lowest BCUT2D eigenvalue weighted by Crippen LogP contribution is -2.35. The first-order valence-electron chi connectivity index (χ1n) is 5.24. The molecule has 0 aromatic heterocycles. The molecule has 1 aromatic rings. The van der Waals surface area contributed by atoms with Crippen molar-refractivity contribution in [2.75, 3.05) is 0 Å². The van der Waals surface area contributed by atoms with E-state index in [0.29, 0.717) is 5.75 Å². The second-order valence-corrected chi connectivity index (χ2v) is 4.10. The van der Waals surface area contributed by atoms with E-state index >= 15 is 0 Å². The van der Waals surface area contributed by atoms with Gasteiger partial charge in [-0.1, -0.05) is 0 Å².